The first-order chi connectivity index (χ1) is 16.1. The molecule has 0 aromatic heterocycles. The molecular weight excluding hydrogens is 426 g/mol. The van der Waals surface area contributed by atoms with Gasteiger partial charge in [-0.25, -0.2) is 0 Å². The molecule has 0 rings (SSSR count). The van der Waals surface area contributed by atoms with Crippen molar-refractivity contribution in [3.8, 4) is 0 Å². The number of carbonyl (C=O) groups is 2. The number of hydrogen-bond donors (Lipinski definition) is 0. The van der Waals surface area contributed by atoms with Crippen LogP contribution in [-0.4, -0.2) is 50.7 Å². The summed E-state index contributed by atoms with van der Waals surface area (Å²) in [6.45, 7) is 12.3. The Kier molecular flexibility index (Phi) is 19.5. The SMILES string of the molecule is CCCCC(CCCC)C(CCCC)CCC(=O)OCC(C)(C)COC(=O)CCCCN(C)C. The van der Waals surface area contributed by atoms with E-state index >= 15 is 0 Å². The summed E-state index contributed by atoms with van der Waals surface area (Å²) in [4.78, 5) is 26.7. The standard InChI is InChI=1S/C29H57NO4/c1-8-11-16-25(17-12-9-2)26(18-13-10-3)20-21-28(32)34-24-29(4,5)23-33-27(31)19-14-15-22-30(6)7/h25-26H,8-24H2,1-7H3. The normalized spacial score (nSPS) is 12.9. The molecule has 5 heteroatoms. The molecule has 0 aromatic carbocycles. The van der Waals surface area contributed by atoms with E-state index in [0.717, 1.165) is 31.7 Å². The van der Waals surface area contributed by atoms with Crippen molar-refractivity contribution < 1.29 is 19.1 Å². The number of ether oxygens (including phenoxy) is 2. The van der Waals surface area contributed by atoms with Gasteiger partial charge in [0.2, 0.25) is 0 Å². The van der Waals surface area contributed by atoms with Crippen molar-refractivity contribution in [3.05, 3.63) is 0 Å². The van der Waals surface area contributed by atoms with Gasteiger partial charge in [-0.2, -0.15) is 0 Å². The molecule has 0 spiro atoms. The predicted octanol–water partition coefficient (Wildman–Crippen LogP) is 7.41. The molecule has 0 N–H and O–H groups in total. The molecule has 0 aliphatic carbocycles. The molecule has 0 saturated heterocycles. The van der Waals surface area contributed by atoms with E-state index in [1.165, 1.54) is 57.8 Å². The average molecular weight is 484 g/mol. The lowest BCUT2D eigenvalue weighted by Gasteiger charge is -2.28. The Morgan fingerprint density at radius 2 is 1.12 bits per heavy atom. The van der Waals surface area contributed by atoms with Gasteiger partial charge in [0.1, 0.15) is 0 Å². The van der Waals surface area contributed by atoms with E-state index in [2.05, 4.69) is 25.7 Å². The number of nitrogens with zero attached hydrogens (tertiary/aromatic N) is 1. The fourth-order valence-electron chi connectivity index (χ4n) is 4.37. The van der Waals surface area contributed by atoms with Crippen LogP contribution in [0.4, 0.5) is 0 Å². The Labute approximate surface area is 211 Å². The summed E-state index contributed by atoms with van der Waals surface area (Å²) in [7, 11) is 4.06. The molecule has 5 nitrogen and oxygen atoms in total. The number of rotatable bonds is 22. The van der Waals surface area contributed by atoms with Crippen LogP contribution in [0.2, 0.25) is 0 Å². The molecule has 202 valence electrons. The number of unbranched alkanes of at least 4 members (excludes halogenated alkanes) is 4. The van der Waals surface area contributed by atoms with Crippen LogP contribution in [0.15, 0.2) is 0 Å². The van der Waals surface area contributed by atoms with Crippen molar-refractivity contribution in [2.24, 2.45) is 17.3 Å². The lowest BCUT2D eigenvalue weighted by Crippen LogP contribution is -2.29. The monoisotopic (exact) mass is 483 g/mol. The lowest BCUT2D eigenvalue weighted by molar-refractivity contribution is -0.153. The average Bonchev–Trinajstić information content (AvgIpc) is 2.80. The Balaban J connectivity index is 4.48. The fraction of sp³-hybridized carbons (Fsp3) is 0.931. The first-order valence-corrected chi connectivity index (χ1v) is 14.1. The Morgan fingerprint density at radius 3 is 1.56 bits per heavy atom. The van der Waals surface area contributed by atoms with Gasteiger partial charge in [-0.15, -0.1) is 0 Å². The highest BCUT2D eigenvalue weighted by Crippen LogP contribution is 2.32. The quantitative estimate of drug-likeness (QED) is 0.118. The zero-order valence-corrected chi connectivity index (χ0v) is 23.8. The highest BCUT2D eigenvalue weighted by molar-refractivity contribution is 5.69. The molecule has 0 bridgehead atoms. The molecular formula is C29H57NO4. The molecule has 0 saturated carbocycles. The van der Waals surface area contributed by atoms with Crippen molar-refractivity contribution in [2.45, 2.75) is 125 Å². The van der Waals surface area contributed by atoms with Gasteiger partial charge in [0.05, 0.1) is 13.2 Å². The minimum Gasteiger partial charge on any atom is -0.465 e. The van der Waals surface area contributed by atoms with Crippen LogP contribution >= 0.6 is 0 Å². The molecule has 0 amide bonds. The number of esters is 2. The predicted molar refractivity (Wildman–Crippen MR) is 143 cm³/mol. The van der Waals surface area contributed by atoms with Crippen LogP contribution in [0.1, 0.15) is 125 Å². The third kappa shape index (κ3) is 18.3. The Morgan fingerprint density at radius 1 is 0.676 bits per heavy atom. The van der Waals surface area contributed by atoms with E-state index in [1.54, 1.807) is 0 Å². The maximum atomic E-state index is 12.6. The van der Waals surface area contributed by atoms with Crippen LogP contribution in [0, 0.1) is 17.3 Å². The van der Waals surface area contributed by atoms with Gasteiger partial charge < -0.3 is 14.4 Å². The van der Waals surface area contributed by atoms with E-state index in [-0.39, 0.29) is 30.6 Å². The van der Waals surface area contributed by atoms with Gasteiger partial charge >= 0.3 is 11.9 Å². The first kappa shape index (κ1) is 32.9. The number of carbonyl (C=O) groups excluding carboxylic acids is 2. The molecule has 1 atom stereocenters. The minimum absolute atomic E-state index is 0.116. The van der Waals surface area contributed by atoms with Gasteiger partial charge in [0, 0.05) is 18.3 Å². The minimum atomic E-state index is -0.374. The second-order valence-electron chi connectivity index (χ2n) is 11.2. The number of hydrogen-bond acceptors (Lipinski definition) is 5. The van der Waals surface area contributed by atoms with E-state index in [0.29, 0.717) is 18.8 Å². The molecule has 1 unspecified atom stereocenters. The first-order valence-electron chi connectivity index (χ1n) is 14.1. The van der Waals surface area contributed by atoms with Gasteiger partial charge in [0.25, 0.3) is 0 Å². The summed E-state index contributed by atoms with van der Waals surface area (Å²) in [6, 6.07) is 0. The highest BCUT2D eigenvalue weighted by atomic mass is 16.5. The van der Waals surface area contributed by atoms with Crippen molar-refractivity contribution >= 4 is 11.9 Å². The summed E-state index contributed by atoms with van der Waals surface area (Å²) >= 11 is 0. The summed E-state index contributed by atoms with van der Waals surface area (Å²) in [5.41, 5.74) is -0.374. The highest BCUT2D eigenvalue weighted by Gasteiger charge is 2.25. The summed E-state index contributed by atoms with van der Waals surface area (Å²) in [5.74, 6) is 1.07. The van der Waals surface area contributed by atoms with Crippen LogP contribution < -0.4 is 0 Å². The van der Waals surface area contributed by atoms with Crippen molar-refractivity contribution in [2.75, 3.05) is 33.9 Å². The van der Waals surface area contributed by atoms with Gasteiger partial charge in [-0.1, -0.05) is 92.4 Å². The Bertz CT molecular complexity index is 510. The largest absolute Gasteiger partial charge is 0.465 e. The zero-order chi connectivity index (χ0) is 25.8. The third-order valence-corrected chi connectivity index (χ3v) is 6.66. The van der Waals surface area contributed by atoms with Gasteiger partial charge in [0.15, 0.2) is 0 Å². The zero-order valence-electron chi connectivity index (χ0n) is 23.8. The van der Waals surface area contributed by atoms with Crippen LogP contribution in [-0.2, 0) is 19.1 Å². The fourth-order valence-corrected chi connectivity index (χ4v) is 4.37. The van der Waals surface area contributed by atoms with Crippen LogP contribution in [0.5, 0.6) is 0 Å². The molecule has 0 aliphatic rings. The smallest absolute Gasteiger partial charge is 0.305 e. The molecule has 0 fully saturated rings. The van der Waals surface area contributed by atoms with Crippen LogP contribution in [0.25, 0.3) is 0 Å². The van der Waals surface area contributed by atoms with Crippen molar-refractivity contribution in [1.82, 2.24) is 4.90 Å². The summed E-state index contributed by atoms with van der Waals surface area (Å²) in [6.07, 6.45) is 15.0. The third-order valence-electron chi connectivity index (χ3n) is 6.66. The van der Waals surface area contributed by atoms with Gasteiger partial charge in [-0.05, 0) is 51.7 Å². The maximum Gasteiger partial charge on any atom is 0.305 e. The van der Waals surface area contributed by atoms with E-state index < -0.39 is 0 Å². The summed E-state index contributed by atoms with van der Waals surface area (Å²) < 4.78 is 11.1. The van der Waals surface area contributed by atoms with E-state index in [9.17, 15) is 9.59 Å². The Hall–Kier alpha value is -1.10. The van der Waals surface area contributed by atoms with E-state index in [4.69, 9.17) is 9.47 Å². The topological polar surface area (TPSA) is 55.8 Å². The second kappa shape index (κ2) is 20.1. The van der Waals surface area contributed by atoms with Crippen LogP contribution in [0.3, 0.4) is 0 Å². The molecule has 0 radical (unpaired) electrons. The summed E-state index contributed by atoms with van der Waals surface area (Å²) in [5, 5.41) is 0. The molecule has 0 aromatic rings. The van der Waals surface area contributed by atoms with E-state index in [1.807, 2.05) is 27.9 Å². The van der Waals surface area contributed by atoms with Crippen molar-refractivity contribution in [1.29, 1.82) is 0 Å². The maximum absolute atomic E-state index is 12.6. The molecule has 34 heavy (non-hydrogen) atoms. The second-order valence-corrected chi connectivity index (χ2v) is 11.2. The van der Waals surface area contributed by atoms with Crippen molar-refractivity contribution in [3.63, 3.8) is 0 Å². The van der Waals surface area contributed by atoms with Gasteiger partial charge in [-0.3, -0.25) is 9.59 Å². The molecule has 0 heterocycles. The molecule has 0 aliphatic heterocycles. The lowest BCUT2D eigenvalue weighted by atomic mass is 9.79.